The lowest BCUT2D eigenvalue weighted by molar-refractivity contribution is 0.199. The molecule has 1 N–H and O–H groups in total. The Morgan fingerprint density at radius 2 is 1.76 bits per heavy atom. The van der Waals surface area contributed by atoms with E-state index in [1.165, 1.54) is 12.1 Å². The highest BCUT2D eigenvalue weighted by Gasteiger charge is 2.09. The van der Waals surface area contributed by atoms with Gasteiger partial charge in [-0.2, -0.15) is 0 Å². The zero-order valence-electron chi connectivity index (χ0n) is 11.6. The minimum Gasteiger partial charge on any atom is -0.456 e. The van der Waals surface area contributed by atoms with Crippen molar-refractivity contribution in [2.24, 2.45) is 0 Å². The van der Waals surface area contributed by atoms with E-state index in [0.717, 1.165) is 11.8 Å². The van der Waals surface area contributed by atoms with Gasteiger partial charge in [0.15, 0.2) is 9.84 Å². The molecule has 0 amide bonds. The molecular weight excluding hydrogens is 356 g/mol. The van der Waals surface area contributed by atoms with E-state index in [1.807, 2.05) is 0 Å². The van der Waals surface area contributed by atoms with Crippen molar-refractivity contribution in [1.29, 1.82) is 0 Å². The zero-order chi connectivity index (χ0) is 15.6. The minimum atomic E-state index is -3.21. The Balaban J connectivity index is 2.22. The molecular formula is C15H15BrO4S. The summed E-state index contributed by atoms with van der Waals surface area (Å²) in [6, 6.07) is 11.5. The van der Waals surface area contributed by atoms with Gasteiger partial charge in [-0.15, -0.1) is 0 Å². The molecule has 2 rings (SSSR count). The highest BCUT2D eigenvalue weighted by molar-refractivity contribution is 9.10. The molecule has 6 heteroatoms. The summed E-state index contributed by atoms with van der Waals surface area (Å²) in [5, 5.41) is 9.52. The molecule has 0 aromatic heterocycles. The van der Waals surface area contributed by atoms with Crippen LogP contribution in [0.4, 0.5) is 0 Å². The molecule has 1 unspecified atom stereocenters. The predicted molar refractivity (Wildman–Crippen MR) is 84.4 cm³/mol. The minimum absolute atomic E-state index is 0.248. The maximum atomic E-state index is 11.4. The number of aliphatic hydroxyl groups excluding tert-OH is 1. The van der Waals surface area contributed by atoms with Gasteiger partial charge in [-0.05, 0) is 64.8 Å². The molecule has 0 saturated heterocycles. The lowest BCUT2D eigenvalue weighted by atomic mass is 10.1. The van der Waals surface area contributed by atoms with Crippen molar-refractivity contribution < 1.29 is 18.3 Å². The quantitative estimate of drug-likeness (QED) is 0.890. The Labute approximate surface area is 132 Å². The summed E-state index contributed by atoms with van der Waals surface area (Å²) in [6.45, 7) is 1.69. The molecule has 0 aliphatic rings. The van der Waals surface area contributed by atoms with Crippen LogP contribution in [-0.2, 0) is 9.84 Å². The van der Waals surface area contributed by atoms with E-state index in [-0.39, 0.29) is 4.90 Å². The van der Waals surface area contributed by atoms with Crippen LogP contribution in [0.15, 0.2) is 51.8 Å². The third-order valence-corrected chi connectivity index (χ3v) is 4.67. The molecule has 0 fully saturated rings. The number of ether oxygens (including phenoxy) is 1. The SMILES string of the molecule is CC(O)c1ccc(Oc2ccc(S(C)(=O)=O)cc2)c(Br)c1. The molecule has 0 heterocycles. The van der Waals surface area contributed by atoms with Crippen LogP contribution in [0.1, 0.15) is 18.6 Å². The summed E-state index contributed by atoms with van der Waals surface area (Å²) in [6.07, 6.45) is 0.609. The summed E-state index contributed by atoms with van der Waals surface area (Å²) >= 11 is 3.39. The molecule has 2 aromatic rings. The Morgan fingerprint density at radius 1 is 1.14 bits per heavy atom. The Bertz CT molecular complexity index is 737. The van der Waals surface area contributed by atoms with Gasteiger partial charge in [-0.1, -0.05) is 6.07 Å². The smallest absolute Gasteiger partial charge is 0.175 e. The van der Waals surface area contributed by atoms with Crippen molar-refractivity contribution in [3.8, 4) is 11.5 Å². The summed E-state index contributed by atoms with van der Waals surface area (Å²) in [5.74, 6) is 1.12. The largest absolute Gasteiger partial charge is 0.456 e. The first-order valence-electron chi connectivity index (χ1n) is 6.23. The van der Waals surface area contributed by atoms with E-state index in [0.29, 0.717) is 16.0 Å². The van der Waals surface area contributed by atoms with Crippen molar-refractivity contribution in [2.45, 2.75) is 17.9 Å². The van der Waals surface area contributed by atoms with Crippen LogP contribution >= 0.6 is 15.9 Å². The summed E-state index contributed by atoms with van der Waals surface area (Å²) in [4.78, 5) is 0.248. The Hall–Kier alpha value is -1.37. The van der Waals surface area contributed by atoms with Crippen molar-refractivity contribution >= 4 is 25.8 Å². The number of sulfone groups is 1. The van der Waals surface area contributed by atoms with Crippen LogP contribution in [-0.4, -0.2) is 19.8 Å². The zero-order valence-corrected chi connectivity index (χ0v) is 14.0. The van der Waals surface area contributed by atoms with Crippen molar-refractivity contribution in [3.63, 3.8) is 0 Å². The Kier molecular flexibility index (Phi) is 4.70. The van der Waals surface area contributed by atoms with E-state index in [1.54, 1.807) is 37.3 Å². The first-order chi connectivity index (χ1) is 9.77. The highest BCUT2D eigenvalue weighted by atomic mass is 79.9. The number of hydrogen-bond donors (Lipinski definition) is 1. The van der Waals surface area contributed by atoms with Crippen LogP contribution in [0.2, 0.25) is 0 Å². The molecule has 0 radical (unpaired) electrons. The number of hydrogen-bond acceptors (Lipinski definition) is 4. The van der Waals surface area contributed by atoms with E-state index >= 15 is 0 Å². The third kappa shape index (κ3) is 4.06. The second-order valence-corrected chi connectivity index (χ2v) is 7.58. The average Bonchev–Trinajstić information content (AvgIpc) is 2.40. The van der Waals surface area contributed by atoms with Gasteiger partial charge >= 0.3 is 0 Å². The second kappa shape index (κ2) is 6.17. The van der Waals surface area contributed by atoms with Crippen molar-refractivity contribution in [2.75, 3.05) is 6.26 Å². The van der Waals surface area contributed by atoms with Crippen LogP contribution in [0, 0.1) is 0 Å². The van der Waals surface area contributed by atoms with E-state index in [2.05, 4.69) is 15.9 Å². The molecule has 0 spiro atoms. The van der Waals surface area contributed by atoms with Gasteiger partial charge in [0.05, 0.1) is 15.5 Å². The summed E-state index contributed by atoms with van der Waals surface area (Å²) in [7, 11) is -3.21. The summed E-state index contributed by atoms with van der Waals surface area (Å²) in [5.41, 5.74) is 0.779. The fourth-order valence-corrected chi connectivity index (χ4v) is 2.85. The number of halogens is 1. The molecule has 2 aromatic carbocycles. The number of benzene rings is 2. The fraction of sp³-hybridized carbons (Fsp3) is 0.200. The molecule has 112 valence electrons. The molecule has 1 atom stereocenters. The van der Waals surface area contributed by atoms with Crippen LogP contribution in [0.5, 0.6) is 11.5 Å². The molecule has 0 saturated carbocycles. The molecule has 0 aliphatic carbocycles. The first-order valence-corrected chi connectivity index (χ1v) is 8.91. The Morgan fingerprint density at radius 3 is 2.24 bits per heavy atom. The van der Waals surface area contributed by atoms with Crippen LogP contribution < -0.4 is 4.74 Å². The normalized spacial score (nSPS) is 13.0. The van der Waals surface area contributed by atoms with Crippen molar-refractivity contribution in [3.05, 3.63) is 52.5 Å². The van der Waals surface area contributed by atoms with Gasteiger partial charge < -0.3 is 9.84 Å². The highest BCUT2D eigenvalue weighted by Crippen LogP contribution is 2.32. The number of rotatable bonds is 4. The molecule has 0 bridgehead atoms. The van der Waals surface area contributed by atoms with E-state index in [4.69, 9.17) is 4.74 Å². The lowest BCUT2D eigenvalue weighted by Crippen LogP contribution is -1.96. The third-order valence-electron chi connectivity index (χ3n) is 2.92. The fourth-order valence-electron chi connectivity index (χ4n) is 1.74. The maximum absolute atomic E-state index is 11.4. The second-order valence-electron chi connectivity index (χ2n) is 4.71. The van der Waals surface area contributed by atoms with Gasteiger partial charge in [0.25, 0.3) is 0 Å². The lowest BCUT2D eigenvalue weighted by Gasteiger charge is -2.11. The first kappa shape index (κ1) is 16.0. The average molecular weight is 371 g/mol. The van der Waals surface area contributed by atoms with Crippen LogP contribution in [0.3, 0.4) is 0 Å². The maximum Gasteiger partial charge on any atom is 0.175 e. The topological polar surface area (TPSA) is 63.6 Å². The van der Waals surface area contributed by atoms with E-state index < -0.39 is 15.9 Å². The molecule has 0 aliphatic heterocycles. The molecule has 21 heavy (non-hydrogen) atoms. The van der Waals surface area contributed by atoms with Gasteiger partial charge in [-0.25, -0.2) is 8.42 Å². The van der Waals surface area contributed by atoms with Gasteiger partial charge in [0.2, 0.25) is 0 Å². The number of aliphatic hydroxyl groups is 1. The predicted octanol–water partition coefficient (Wildman–Crippen LogP) is 3.70. The summed E-state index contributed by atoms with van der Waals surface area (Å²) < 4.78 is 29.2. The molecule has 4 nitrogen and oxygen atoms in total. The van der Waals surface area contributed by atoms with Gasteiger partial charge in [0, 0.05) is 6.26 Å². The van der Waals surface area contributed by atoms with Crippen LogP contribution in [0.25, 0.3) is 0 Å². The standard InChI is InChI=1S/C15H15BrO4S/c1-10(17)11-3-8-15(14(16)9-11)20-12-4-6-13(7-5-12)21(2,18)19/h3-10,17H,1-2H3. The van der Waals surface area contributed by atoms with Gasteiger partial charge in [-0.3, -0.25) is 0 Å². The monoisotopic (exact) mass is 370 g/mol. The van der Waals surface area contributed by atoms with Gasteiger partial charge in [0.1, 0.15) is 11.5 Å². The van der Waals surface area contributed by atoms with E-state index in [9.17, 15) is 13.5 Å². The van der Waals surface area contributed by atoms with Crippen molar-refractivity contribution in [1.82, 2.24) is 0 Å².